The topological polar surface area (TPSA) is 54.0 Å². The zero-order valence-corrected chi connectivity index (χ0v) is 15.7. The molecule has 25 heavy (non-hydrogen) atoms. The first-order valence-corrected chi connectivity index (χ1v) is 8.95. The number of ether oxygens (including phenoxy) is 2. The fourth-order valence-corrected chi connectivity index (χ4v) is 3.00. The van der Waals surface area contributed by atoms with Crippen molar-refractivity contribution in [3.8, 4) is 5.75 Å². The van der Waals surface area contributed by atoms with Crippen molar-refractivity contribution >= 4 is 5.91 Å². The first kappa shape index (κ1) is 19.7. The van der Waals surface area contributed by atoms with Crippen LogP contribution >= 0.6 is 0 Å². The molecule has 0 saturated carbocycles. The lowest BCUT2D eigenvalue weighted by atomic mass is 10.0. The van der Waals surface area contributed by atoms with Crippen LogP contribution in [0.25, 0.3) is 0 Å². The number of carbonyl (C=O) groups is 1. The maximum absolute atomic E-state index is 12.3. The number of hydrogen-bond acceptors (Lipinski definition) is 5. The summed E-state index contributed by atoms with van der Waals surface area (Å²) >= 11 is 0. The van der Waals surface area contributed by atoms with E-state index >= 15 is 0 Å². The summed E-state index contributed by atoms with van der Waals surface area (Å²) < 4.78 is 10.3. The lowest BCUT2D eigenvalue weighted by Crippen LogP contribution is -2.47. The van der Waals surface area contributed by atoms with E-state index in [-0.39, 0.29) is 11.9 Å². The average Bonchev–Trinajstić information content (AvgIpc) is 2.63. The summed E-state index contributed by atoms with van der Waals surface area (Å²) in [6.07, 6.45) is 1.23. The van der Waals surface area contributed by atoms with Crippen molar-refractivity contribution in [2.45, 2.75) is 18.9 Å². The summed E-state index contributed by atoms with van der Waals surface area (Å²) in [7, 11) is 5.47. The fourth-order valence-electron chi connectivity index (χ4n) is 3.00. The number of methoxy groups -OCH3 is 2. The van der Waals surface area contributed by atoms with Crippen LogP contribution in [-0.2, 0) is 9.53 Å². The number of benzene rings is 1. The second-order valence-corrected chi connectivity index (χ2v) is 6.59. The quantitative estimate of drug-likeness (QED) is 0.685. The van der Waals surface area contributed by atoms with Crippen LogP contribution in [-0.4, -0.2) is 76.3 Å². The van der Waals surface area contributed by atoms with E-state index in [1.807, 2.05) is 24.3 Å². The smallest absolute Gasteiger partial charge is 0.220 e. The number of nitrogens with one attached hydrogen (secondary N) is 1. The van der Waals surface area contributed by atoms with Gasteiger partial charge in [0.25, 0.3) is 0 Å². The molecule has 1 heterocycles. The minimum absolute atomic E-state index is 0.00985. The van der Waals surface area contributed by atoms with Crippen LogP contribution in [0.4, 0.5) is 0 Å². The van der Waals surface area contributed by atoms with Gasteiger partial charge in [0.05, 0.1) is 13.2 Å². The second-order valence-electron chi connectivity index (χ2n) is 6.59. The molecule has 0 aliphatic carbocycles. The molecule has 0 unspecified atom stereocenters. The van der Waals surface area contributed by atoms with Crippen molar-refractivity contribution in [3.63, 3.8) is 0 Å². The largest absolute Gasteiger partial charge is 0.497 e. The van der Waals surface area contributed by atoms with E-state index in [4.69, 9.17) is 9.47 Å². The molecule has 1 atom stereocenters. The number of rotatable bonds is 9. The Morgan fingerprint density at radius 3 is 2.44 bits per heavy atom. The Kier molecular flexibility index (Phi) is 8.18. The zero-order chi connectivity index (χ0) is 18.1. The number of carbonyl (C=O) groups excluding carboxylic acids is 1. The van der Waals surface area contributed by atoms with Gasteiger partial charge in [0.1, 0.15) is 5.75 Å². The van der Waals surface area contributed by atoms with Crippen LogP contribution < -0.4 is 10.1 Å². The van der Waals surface area contributed by atoms with Gasteiger partial charge in [-0.05, 0) is 31.2 Å². The Bertz CT molecular complexity index is 513. The molecule has 6 nitrogen and oxygen atoms in total. The van der Waals surface area contributed by atoms with Crippen LogP contribution in [0.3, 0.4) is 0 Å². The van der Waals surface area contributed by atoms with Crippen LogP contribution in [0.1, 0.15) is 24.4 Å². The van der Waals surface area contributed by atoms with Crippen LogP contribution in [0.5, 0.6) is 5.75 Å². The summed E-state index contributed by atoms with van der Waals surface area (Å²) in [5.41, 5.74) is 1.11. The lowest BCUT2D eigenvalue weighted by molar-refractivity contribution is -0.122. The number of amides is 1. The van der Waals surface area contributed by atoms with Crippen molar-refractivity contribution < 1.29 is 14.3 Å². The minimum atomic E-state index is -0.00985. The van der Waals surface area contributed by atoms with Gasteiger partial charge < -0.3 is 19.7 Å². The third kappa shape index (κ3) is 6.65. The number of likely N-dealkylation sites (N-methyl/N-ethyl adjacent to an activating group) is 1. The monoisotopic (exact) mass is 349 g/mol. The third-order valence-corrected chi connectivity index (χ3v) is 4.64. The highest BCUT2D eigenvalue weighted by atomic mass is 16.5. The van der Waals surface area contributed by atoms with Crippen LogP contribution in [0.15, 0.2) is 24.3 Å². The van der Waals surface area contributed by atoms with E-state index in [0.29, 0.717) is 13.0 Å². The molecule has 0 spiro atoms. The number of piperazine rings is 1. The first-order valence-electron chi connectivity index (χ1n) is 8.95. The predicted octanol–water partition coefficient (Wildman–Crippen LogP) is 1.53. The molecule has 1 aromatic rings. The van der Waals surface area contributed by atoms with Crippen molar-refractivity contribution in [3.05, 3.63) is 29.8 Å². The lowest BCUT2D eigenvalue weighted by Gasteiger charge is -2.35. The van der Waals surface area contributed by atoms with Crippen molar-refractivity contribution in [2.24, 2.45) is 0 Å². The minimum Gasteiger partial charge on any atom is -0.497 e. The van der Waals surface area contributed by atoms with Gasteiger partial charge in [-0.15, -0.1) is 0 Å². The normalized spacial score (nSPS) is 17.2. The highest BCUT2D eigenvalue weighted by molar-refractivity contribution is 5.76. The van der Waals surface area contributed by atoms with Gasteiger partial charge in [0.2, 0.25) is 5.91 Å². The van der Waals surface area contributed by atoms with Gasteiger partial charge >= 0.3 is 0 Å². The predicted molar refractivity (Wildman–Crippen MR) is 98.9 cm³/mol. The standard InChI is InChI=1S/C19H31N3O3/c1-21-10-12-22(13-11-21)15-18(20-19(23)5-4-14-24-2)16-6-8-17(25-3)9-7-16/h6-9,18H,4-5,10-15H2,1-3H3,(H,20,23)/t18-/m0/s1. The fraction of sp³-hybridized carbons (Fsp3) is 0.632. The molecule has 1 N–H and O–H groups in total. The van der Waals surface area contributed by atoms with E-state index in [2.05, 4.69) is 22.2 Å². The Morgan fingerprint density at radius 2 is 1.84 bits per heavy atom. The molecule has 0 bridgehead atoms. The number of hydrogen-bond donors (Lipinski definition) is 1. The van der Waals surface area contributed by atoms with Gasteiger partial charge in [0.15, 0.2) is 0 Å². The van der Waals surface area contributed by atoms with Gasteiger partial charge in [-0.2, -0.15) is 0 Å². The molecule has 2 rings (SSSR count). The SMILES string of the molecule is COCCCC(=O)N[C@@H](CN1CCN(C)CC1)c1ccc(OC)cc1. The molecule has 1 aliphatic heterocycles. The Morgan fingerprint density at radius 1 is 1.16 bits per heavy atom. The summed E-state index contributed by atoms with van der Waals surface area (Å²) in [4.78, 5) is 17.1. The molecule has 140 valence electrons. The molecule has 0 radical (unpaired) electrons. The molecular formula is C19H31N3O3. The zero-order valence-electron chi connectivity index (χ0n) is 15.7. The van der Waals surface area contributed by atoms with Gasteiger partial charge in [-0.25, -0.2) is 0 Å². The molecular weight excluding hydrogens is 318 g/mol. The van der Waals surface area contributed by atoms with Crippen molar-refractivity contribution in [2.75, 3.05) is 60.6 Å². The Hall–Kier alpha value is -1.63. The van der Waals surface area contributed by atoms with E-state index in [9.17, 15) is 4.79 Å². The van der Waals surface area contributed by atoms with Gasteiger partial charge in [0, 0.05) is 52.9 Å². The average molecular weight is 349 g/mol. The Labute approximate surface area is 151 Å². The molecule has 1 fully saturated rings. The number of nitrogens with zero attached hydrogens (tertiary/aromatic N) is 2. The van der Waals surface area contributed by atoms with E-state index in [1.54, 1.807) is 14.2 Å². The second kappa shape index (κ2) is 10.4. The summed E-state index contributed by atoms with van der Waals surface area (Å²) in [5, 5.41) is 3.20. The molecule has 1 aromatic carbocycles. The van der Waals surface area contributed by atoms with Gasteiger partial charge in [-0.3, -0.25) is 9.69 Å². The molecule has 1 saturated heterocycles. The third-order valence-electron chi connectivity index (χ3n) is 4.64. The molecule has 1 amide bonds. The summed E-state index contributed by atoms with van der Waals surface area (Å²) in [6.45, 7) is 5.63. The highest BCUT2D eigenvalue weighted by Crippen LogP contribution is 2.19. The summed E-state index contributed by atoms with van der Waals surface area (Å²) in [6, 6.07) is 7.96. The van der Waals surface area contributed by atoms with E-state index in [1.165, 1.54) is 0 Å². The van der Waals surface area contributed by atoms with Crippen LogP contribution in [0, 0.1) is 0 Å². The summed E-state index contributed by atoms with van der Waals surface area (Å²) in [5.74, 6) is 0.903. The molecule has 0 aromatic heterocycles. The maximum atomic E-state index is 12.3. The first-order chi connectivity index (χ1) is 12.1. The molecule has 1 aliphatic rings. The van der Waals surface area contributed by atoms with Crippen molar-refractivity contribution in [1.82, 2.24) is 15.1 Å². The van der Waals surface area contributed by atoms with Gasteiger partial charge in [-0.1, -0.05) is 12.1 Å². The van der Waals surface area contributed by atoms with E-state index < -0.39 is 0 Å². The van der Waals surface area contributed by atoms with E-state index in [0.717, 1.165) is 50.5 Å². The Balaban J connectivity index is 2.00. The van der Waals surface area contributed by atoms with Crippen molar-refractivity contribution in [1.29, 1.82) is 0 Å². The van der Waals surface area contributed by atoms with Crippen LogP contribution in [0.2, 0.25) is 0 Å². The maximum Gasteiger partial charge on any atom is 0.220 e. The highest BCUT2D eigenvalue weighted by Gasteiger charge is 2.21. The molecule has 6 heteroatoms.